The highest BCUT2D eigenvalue weighted by Crippen LogP contribution is 2.18. The van der Waals surface area contributed by atoms with Gasteiger partial charge in [-0.15, -0.1) is 0 Å². The van der Waals surface area contributed by atoms with Crippen molar-refractivity contribution >= 4 is 11.6 Å². The van der Waals surface area contributed by atoms with Gasteiger partial charge in [-0.25, -0.2) is 0 Å². The van der Waals surface area contributed by atoms with E-state index in [2.05, 4.69) is 10.6 Å². The van der Waals surface area contributed by atoms with Gasteiger partial charge in [0.2, 0.25) is 5.91 Å². The SMILES string of the molecule is CCOc1cccc(NC(=O)COC2(C)CNC2)c1. The van der Waals surface area contributed by atoms with E-state index in [1.807, 2.05) is 32.0 Å². The minimum Gasteiger partial charge on any atom is -0.494 e. The third-order valence-corrected chi connectivity index (χ3v) is 2.98. The number of nitrogens with one attached hydrogen (secondary N) is 2. The molecule has 1 heterocycles. The number of hydrogen-bond acceptors (Lipinski definition) is 4. The van der Waals surface area contributed by atoms with Crippen molar-refractivity contribution in [3.05, 3.63) is 24.3 Å². The molecular formula is C14H20N2O3. The van der Waals surface area contributed by atoms with Crippen LogP contribution in [0.2, 0.25) is 0 Å². The van der Waals surface area contributed by atoms with Crippen molar-refractivity contribution in [1.29, 1.82) is 0 Å². The van der Waals surface area contributed by atoms with Crippen LogP contribution in [0.3, 0.4) is 0 Å². The zero-order valence-electron chi connectivity index (χ0n) is 11.4. The van der Waals surface area contributed by atoms with Crippen molar-refractivity contribution in [2.45, 2.75) is 19.4 Å². The lowest BCUT2D eigenvalue weighted by Gasteiger charge is -2.38. The Balaban J connectivity index is 1.82. The molecule has 0 unspecified atom stereocenters. The van der Waals surface area contributed by atoms with Gasteiger partial charge in [0.15, 0.2) is 0 Å². The maximum atomic E-state index is 11.8. The third-order valence-electron chi connectivity index (χ3n) is 2.98. The van der Waals surface area contributed by atoms with Gasteiger partial charge in [-0.05, 0) is 26.0 Å². The lowest BCUT2D eigenvalue weighted by atomic mass is 10.0. The van der Waals surface area contributed by atoms with Crippen LogP contribution < -0.4 is 15.4 Å². The van der Waals surface area contributed by atoms with E-state index < -0.39 is 0 Å². The van der Waals surface area contributed by atoms with Gasteiger partial charge in [0.25, 0.3) is 0 Å². The maximum absolute atomic E-state index is 11.8. The van der Waals surface area contributed by atoms with E-state index >= 15 is 0 Å². The molecule has 1 aliphatic heterocycles. The molecule has 0 atom stereocenters. The van der Waals surface area contributed by atoms with E-state index in [0.29, 0.717) is 6.61 Å². The number of carbonyl (C=O) groups is 1. The first-order chi connectivity index (χ1) is 9.11. The summed E-state index contributed by atoms with van der Waals surface area (Å²) in [6.07, 6.45) is 0. The molecule has 1 saturated heterocycles. The van der Waals surface area contributed by atoms with Crippen LogP contribution in [0.25, 0.3) is 0 Å². The quantitative estimate of drug-likeness (QED) is 0.815. The van der Waals surface area contributed by atoms with E-state index in [1.165, 1.54) is 0 Å². The van der Waals surface area contributed by atoms with Gasteiger partial charge in [-0.3, -0.25) is 4.79 Å². The van der Waals surface area contributed by atoms with Gasteiger partial charge in [0.05, 0.1) is 12.2 Å². The monoisotopic (exact) mass is 264 g/mol. The molecule has 1 amide bonds. The normalized spacial score (nSPS) is 16.5. The van der Waals surface area contributed by atoms with E-state index in [0.717, 1.165) is 24.5 Å². The predicted octanol–water partition coefficient (Wildman–Crippen LogP) is 1.40. The van der Waals surface area contributed by atoms with Gasteiger partial charge < -0.3 is 20.1 Å². The highest BCUT2D eigenvalue weighted by molar-refractivity contribution is 5.91. The summed E-state index contributed by atoms with van der Waals surface area (Å²) >= 11 is 0. The second-order valence-corrected chi connectivity index (χ2v) is 4.85. The van der Waals surface area contributed by atoms with Crippen molar-refractivity contribution < 1.29 is 14.3 Å². The summed E-state index contributed by atoms with van der Waals surface area (Å²) in [6, 6.07) is 7.33. The first-order valence-corrected chi connectivity index (χ1v) is 6.49. The molecule has 1 aliphatic rings. The van der Waals surface area contributed by atoms with Crippen LogP contribution in [0, 0.1) is 0 Å². The van der Waals surface area contributed by atoms with Gasteiger partial charge >= 0.3 is 0 Å². The van der Waals surface area contributed by atoms with Crippen molar-refractivity contribution in [2.24, 2.45) is 0 Å². The standard InChI is InChI=1S/C14H20N2O3/c1-3-18-12-6-4-5-11(7-12)16-13(17)8-19-14(2)9-15-10-14/h4-7,15H,3,8-10H2,1-2H3,(H,16,17). The smallest absolute Gasteiger partial charge is 0.250 e. The topological polar surface area (TPSA) is 59.6 Å². The summed E-state index contributed by atoms with van der Waals surface area (Å²) in [7, 11) is 0. The Morgan fingerprint density at radius 3 is 2.89 bits per heavy atom. The molecule has 19 heavy (non-hydrogen) atoms. The van der Waals surface area contributed by atoms with Gasteiger partial charge in [0, 0.05) is 24.8 Å². The fourth-order valence-corrected chi connectivity index (χ4v) is 1.85. The lowest BCUT2D eigenvalue weighted by Crippen LogP contribution is -2.59. The number of anilines is 1. The Labute approximate surface area is 113 Å². The Morgan fingerprint density at radius 2 is 2.26 bits per heavy atom. The molecule has 5 nitrogen and oxygen atoms in total. The molecule has 0 spiro atoms. The first kappa shape index (κ1) is 13.8. The molecule has 1 aromatic carbocycles. The summed E-state index contributed by atoms with van der Waals surface area (Å²) in [4.78, 5) is 11.8. The lowest BCUT2D eigenvalue weighted by molar-refractivity contribution is -0.130. The largest absolute Gasteiger partial charge is 0.494 e. The molecule has 0 radical (unpaired) electrons. The van der Waals surface area contributed by atoms with Crippen molar-refractivity contribution in [3.8, 4) is 5.75 Å². The van der Waals surface area contributed by atoms with Crippen molar-refractivity contribution in [1.82, 2.24) is 5.32 Å². The van der Waals surface area contributed by atoms with Crippen molar-refractivity contribution in [2.75, 3.05) is 31.6 Å². The van der Waals surface area contributed by atoms with Gasteiger partial charge in [-0.1, -0.05) is 6.07 Å². The Hall–Kier alpha value is -1.59. The van der Waals surface area contributed by atoms with Crippen LogP contribution >= 0.6 is 0 Å². The second-order valence-electron chi connectivity index (χ2n) is 4.85. The molecule has 1 fully saturated rings. The maximum Gasteiger partial charge on any atom is 0.250 e. The molecule has 2 N–H and O–H groups in total. The summed E-state index contributed by atoms with van der Waals surface area (Å²) in [6.45, 7) is 6.17. The van der Waals surface area contributed by atoms with E-state index in [4.69, 9.17) is 9.47 Å². The first-order valence-electron chi connectivity index (χ1n) is 6.49. The molecule has 2 rings (SSSR count). The van der Waals surface area contributed by atoms with Crippen LogP contribution in [0.1, 0.15) is 13.8 Å². The third kappa shape index (κ3) is 3.94. The Morgan fingerprint density at radius 1 is 1.47 bits per heavy atom. The minimum atomic E-state index is -0.204. The fourth-order valence-electron chi connectivity index (χ4n) is 1.85. The molecule has 0 bridgehead atoms. The van der Waals surface area contributed by atoms with E-state index in [1.54, 1.807) is 6.07 Å². The number of hydrogen-bond donors (Lipinski definition) is 2. The molecule has 1 aromatic rings. The van der Waals surface area contributed by atoms with Crippen LogP contribution in [-0.2, 0) is 9.53 Å². The Bertz CT molecular complexity index is 444. The fraction of sp³-hybridized carbons (Fsp3) is 0.500. The number of carbonyl (C=O) groups excluding carboxylic acids is 1. The highest BCUT2D eigenvalue weighted by Gasteiger charge is 2.32. The summed E-state index contributed by atoms with van der Waals surface area (Å²) in [5, 5.41) is 5.92. The van der Waals surface area contributed by atoms with E-state index in [-0.39, 0.29) is 18.1 Å². The number of rotatable bonds is 6. The molecule has 104 valence electrons. The second kappa shape index (κ2) is 6.04. The average molecular weight is 264 g/mol. The molecular weight excluding hydrogens is 244 g/mol. The van der Waals surface area contributed by atoms with Crippen LogP contribution in [0.15, 0.2) is 24.3 Å². The molecule has 0 aromatic heterocycles. The minimum absolute atomic E-state index is 0.0665. The zero-order chi connectivity index (χ0) is 13.7. The van der Waals surface area contributed by atoms with E-state index in [9.17, 15) is 4.79 Å². The highest BCUT2D eigenvalue weighted by atomic mass is 16.5. The van der Waals surface area contributed by atoms with Crippen molar-refractivity contribution in [3.63, 3.8) is 0 Å². The molecule has 5 heteroatoms. The van der Waals surface area contributed by atoms with Crippen LogP contribution in [0.4, 0.5) is 5.69 Å². The number of ether oxygens (including phenoxy) is 2. The summed E-state index contributed by atoms with van der Waals surface area (Å²) < 4.78 is 10.9. The average Bonchev–Trinajstić information content (AvgIpc) is 2.35. The summed E-state index contributed by atoms with van der Waals surface area (Å²) in [5.74, 6) is 0.596. The zero-order valence-corrected chi connectivity index (χ0v) is 11.4. The number of benzene rings is 1. The molecule has 0 saturated carbocycles. The number of amides is 1. The van der Waals surface area contributed by atoms with Crippen LogP contribution in [0.5, 0.6) is 5.75 Å². The summed E-state index contributed by atoms with van der Waals surface area (Å²) in [5.41, 5.74) is 0.515. The predicted molar refractivity (Wildman–Crippen MR) is 73.5 cm³/mol. The van der Waals surface area contributed by atoms with Crippen LogP contribution in [-0.4, -0.2) is 37.8 Å². The van der Waals surface area contributed by atoms with Gasteiger partial charge in [-0.2, -0.15) is 0 Å². The molecule has 0 aliphatic carbocycles. The van der Waals surface area contributed by atoms with Gasteiger partial charge in [0.1, 0.15) is 12.4 Å². The Kier molecular flexibility index (Phi) is 4.39.